The molecular formula is C33H37NO3. The van der Waals surface area contributed by atoms with E-state index in [1.165, 1.54) is 50.9 Å². The Morgan fingerprint density at radius 3 is 2.24 bits per heavy atom. The van der Waals surface area contributed by atoms with Crippen LogP contribution in [0.1, 0.15) is 37.7 Å². The number of likely N-dealkylation sites (tertiary alicyclic amines) is 1. The number of benzene rings is 4. The van der Waals surface area contributed by atoms with Crippen molar-refractivity contribution in [3.63, 3.8) is 0 Å². The van der Waals surface area contributed by atoms with E-state index in [1.807, 2.05) is 42.5 Å². The van der Waals surface area contributed by atoms with Crippen LogP contribution < -0.4 is 14.2 Å². The largest absolute Gasteiger partial charge is 0.497 e. The molecule has 0 aromatic heterocycles. The van der Waals surface area contributed by atoms with Crippen LogP contribution in [0.15, 0.2) is 78.9 Å². The number of piperidine rings is 1. The fourth-order valence-corrected chi connectivity index (χ4v) is 5.37. The molecule has 4 aromatic rings. The standard InChI is InChI=1S/C33H37NO3/c1-35-29-16-11-13-26(23-29)32-25(12-7-10-21-34-19-8-4-9-20-34)22-27-24-30(36-2)17-18-31(27)33(32)37-28-14-5-3-6-15-28/h3,5-6,11,13-18,22-24H,4,7-10,12,19-21H2,1-2H3. The Morgan fingerprint density at radius 1 is 0.703 bits per heavy atom. The quantitative estimate of drug-likeness (QED) is 0.208. The molecule has 0 amide bonds. The monoisotopic (exact) mass is 495 g/mol. The molecule has 4 nitrogen and oxygen atoms in total. The van der Waals surface area contributed by atoms with Gasteiger partial charge >= 0.3 is 0 Å². The van der Waals surface area contributed by atoms with E-state index >= 15 is 0 Å². The van der Waals surface area contributed by atoms with Gasteiger partial charge in [-0.2, -0.15) is 0 Å². The van der Waals surface area contributed by atoms with Crippen molar-refractivity contribution in [2.75, 3.05) is 33.9 Å². The Balaban J connectivity index is 1.57. The molecule has 0 bridgehead atoms. The second-order valence-electron chi connectivity index (χ2n) is 9.83. The zero-order chi connectivity index (χ0) is 25.5. The smallest absolute Gasteiger partial charge is 0.143 e. The average molecular weight is 496 g/mol. The van der Waals surface area contributed by atoms with Crippen molar-refractivity contribution in [1.29, 1.82) is 0 Å². The predicted molar refractivity (Wildman–Crippen MR) is 152 cm³/mol. The maximum Gasteiger partial charge on any atom is 0.143 e. The Hall–Kier alpha value is -3.50. The van der Waals surface area contributed by atoms with Gasteiger partial charge in [-0.25, -0.2) is 0 Å². The molecule has 0 N–H and O–H groups in total. The summed E-state index contributed by atoms with van der Waals surface area (Å²) in [6.45, 7) is 3.68. The molecule has 0 radical (unpaired) electrons. The van der Waals surface area contributed by atoms with E-state index in [-0.39, 0.29) is 0 Å². The van der Waals surface area contributed by atoms with E-state index in [4.69, 9.17) is 14.2 Å². The minimum Gasteiger partial charge on any atom is -0.497 e. The lowest BCUT2D eigenvalue weighted by atomic mass is 9.91. The van der Waals surface area contributed by atoms with Gasteiger partial charge in [0.2, 0.25) is 0 Å². The number of ether oxygens (including phenoxy) is 3. The molecule has 0 saturated carbocycles. The molecule has 0 atom stereocenters. The number of unbranched alkanes of at least 4 members (excludes halogenated alkanes) is 1. The summed E-state index contributed by atoms with van der Waals surface area (Å²) >= 11 is 0. The number of nitrogens with zero attached hydrogens (tertiary/aromatic N) is 1. The number of para-hydroxylation sites is 1. The molecule has 0 unspecified atom stereocenters. The van der Waals surface area contributed by atoms with Gasteiger partial charge in [0.15, 0.2) is 0 Å². The molecule has 4 aromatic carbocycles. The lowest BCUT2D eigenvalue weighted by Crippen LogP contribution is -2.30. The predicted octanol–water partition coefficient (Wildman–Crippen LogP) is 8.12. The second-order valence-corrected chi connectivity index (χ2v) is 9.83. The van der Waals surface area contributed by atoms with Crippen molar-refractivity contribution in [2.45, 2.75) is 38.5 Å². The van der Waals surface area contributed by atoms with Crippen molar-refractivity contribution in [3.8, 4) is 34.1 Å². The fourth-order valence-electron chi connectivity index (χ4n) is 5.37. The van der Waals surface area contributed by atoms with E-state index < -0.39 is 0 Å². The number of fused-ring (bicyclic) bond motifs is 1. The van der Waals surface area contributed by atoms with Gasteiger partial charge in [-0.3, -0.25) is 0 Å². The average Bonchev–Trinajstić information content (AvgIpc) is 2.96. The van der Waals surface area contributed by atoms with Crippen molar-refractivity contribution in [2.24, 2.45) is 0 Å². The molecule has 5 rings (SSSR count). The molecule has 192 valence electrons. The number of rotatable bonds is 10. The van der Waals surface area contributed by atoms with Crippen LogP contribution in [0.25, 0.3) is 21.9 Å². The number of aryl methyl sites for hydroxylation is 1. The first-order valence-electron chi connectivity index (χ1n) is 13.5. The maximum atomic E-state index is 6.68. The number of methoxy groups -OCH3 is 2. The molecule has 0 spiro atoms. The van der Waals surface area contributed by atoms with Gasteiger partial charge in [0.05, 0.1) is 14.2 Å². The van der Waals surface area contributed by atoms with Crippen molar-refractivity contribution < 1.29 is 14.2 Å². The van der Waals surface area contributed by atoms with Crippen LogP contribution in [0.2, 0.25) is 0 Å². The Morgan fingerprint density at radius 2 is 1.46 bits per heavy atom. The van der Waals surface area contributed by atoms with Gasteiger partial charge < -0.3 is 19.1 Å². The van der Waals surface area contributed by atoms with Gasteiger partial charge in [-0.05, 0) is 111 Å². The molecule has 0 aliphatic carbocycles. The van der Waals surface area contributed by atoms with Crippen LogP contribution in [0, 0.1) is 0 Å². The van der Waals surface area contributed by atoms with E-state index in [9.17, 15) is 0 Å². The van der Waals surface area contributed by atoms with Gasteiger partial charge in [0, 0.05) is 10.9 Å². The highest BCUT2D eigenvalue weighted by Gasteiger charge is 2.19. The first-order chi connectivity index (χ1) is 18.2. The minimum atomic E-state index is 0.825. The third-order valence-corrected chi connectivity index (χ3v) is 7.32. The Kier molecular flexibility index (Phi) is 8.27. The van der Waals surface area contributed by atoms with Gasteiger partial charge in [-0.15, -0.1) is 0 Å². The van der Waals surface area contributed by atoms with Crippen LogP contribution >= 0.6 is 0 Å². The summed E-state index contributed by atoms with van der Waals surface area (Å²) in [5, 5.41) is 2.20. The summed E-state index contributed by atoms with van der Waals surface area (Å²) in [7, 11) is 3.43. The zero-order valence-electron chi connectivity index (χ0n) is 22.0. The van der Waals surface area contributed by atoms with Crippen LogP contribution in [-0.2, 0) is 6.42 Å². The highest BCUT2D eigenvalue weighted by atomic mass is 16.5. The van der Waals surface area contributed by atoms with Crippen LogP contribution in [0.5, 0.6) is 23.0 Å². The van der Waals surface area contributed by atoms with Crippen molar-refractivity contribution in [1.82, 2.24) is 4.90 Å². The molecule has 1 fully saturated rings. The van der Waals surface area contributed by atoms with Crippen molar-refractivity contribution in [3.05, 3.63) is 84.4 Å². The molecule has 37 heavy (non-hydrogen) atoms. The highest BCUT2D eigenvalue weighted by molar-refractivity contribution is 5.98. The Bertz CT molecular complexity index is 1310. The summed E-state index contributed by atoms with van der Waals surface area (Å²) in [5.41, 5.74) is 3.53. The van der Waals surface area contributed by atoms with E-state index in [0.717, 1.165) is 57.7 Å². The normalized spacial score (nSPS) is 14.0. The maximum absolute atomic E-state index is 6.68. The Labute approximate surface area is 220 Å². The van der Waals surface area contributed by atoms with Crippen LogP contribution in [0.4, 0.5) is 0 Å². The lowest BCUT2D eigenvalue weighted by molar-refractivity contribution is 0.225. The number of hydrogen-bond donors (Lipinski definition) is 0. The SMILES string of the molecule is COc1cccc(-c2c(CCCCN3CCCCC3)cc3cc(OC)ccc3c2Oc2ccccc2)c1. The van der Waals surface area contributed by atoms with E-state index in [0.29, 0.717) is 0 Å². The molecule has 1 aliphatic rings. The fraction of sp³-hybridized carbons (Fsp3) is 0.333. The topological polar surface area (TPSA) is 30.9 Å². The first kappa shape index (κ1) is 25.2. The van der Waals surface area contributed by atoms with Crippen LogP contribution in [0.3, 0.4) is 0 Å². The van der Waals surface area contributed by atoms with Gasteiger partial charge in [0.25, 0.3) is 0 Å². The molecule has 1 aliphatic heterocycles. The summed E-state index contributed by atoms with van der Waals surface area (Å²) in [6, 6.07) is 26.9. The second kappa shape index (κ2) is 12.2. The molecular weight excluding hydrogens is 458 g/mol. The molecule has 1 saturated heterocycles. The molecule has 4 heteroatoms. The molecule has 1 heterocycles. The lowest BCUT2D eigenvalue weighted by Gasteiger charge is -2.26. The van der Waals surface area contributed by atoms with E-state index in [2.05, 4.69) is 41.3 Å². The van der Waals surface area contributed by atoms with Gasteiger partial charge in [-0.1, -0.05) is 42.8 Å². The third kappa shape index (κ3) is 6.08. The summed E-state index contributed by atoms with van der Waals surface area (Å²) < 4.78 is 17.8. The summed E-state index contributed by atoms with van der Waals surface area (Å²) in [4.78, 5) is 2.63. The zero-order valence-corrected chi connectivity index (χ0v) is 22.0. The van der Waals surface area contributed by atoms with Crippen LogP contribution in [-0.4, -0.2) is 38.8 Å². The summed E-state index contributed by atoms with van der Waals surface area (Å²) in [5.74, 6) is 3.40. The summed E-state index contributed by atoms with van der Waals surface area (Å²) in [6.07, 6.45) is 7.37. The third-order valence-electron chi connectivity index (χ3n) is 7.32. The highest BCUT2D eigenvalue weighted by Crippen LogP contribution is 2.44. The first-order valence-corrected chi connectivity index (χ1v) is 13.5. The minimum absolute atomic E-state index is 0.825. The van der Waals surface area contributed by atoms with Crippen molar-refractivity contribution >= 4 is 10.8 Å². The van der Waals surface area contributed by atoms with Gasteiger partial charge in [0.1, 0.15) is 23.0 Å². The number of hydrogen-bond acceptors (Lipinski definition) is 4. The van der Waals surface area contributed by atoms with E-state index in [1.54, 1.807) is 14.2 Å².